The van der Waals surface area contributed by atoms with E-state index in [-0.39, 0.29) is 24.1 Å². The van der Waals surface area contributed by atoms with Crippen LogP contribution in [-0.4, -0.2) is 47.4 Å². The van der Waals surface area contributed by atoms with Gasteiger partial charge in [-0.2, -0.15) is 0 Å². The smallest absolute Gasteiger partial charge is 0.303 e. The highest BCUT2D eigenvalue weighted by Gasteiger charge is 2.27. The largest absolute Gasteiger partial charge is 0.481 e. The van der Waals surface area contributed by atoms with Crippen LogP contribution >= 0.6 is 0 Å². The molecule has 1 saturated heterocycles. The standard InChI is InChI=1S/C27H34FN3O3/c28-23-9-6-20(7-10-23)22(18-26(33)34)17-19-12-15-31(16-13-19)25(32)5-1-4-24-11-8-21-3-2-14-29-27(21)30-24/h6-11,19,22H,1-5,12-18H2,(H,29,30)(H,33,34). The van der Waals surface area contributed by atoms with Crippen molar-refractivity contribution in [1.29, 1.82) is 0 Å². The molecular weight excluding hydrogens is 433 g/mol. The lowest BCUT2D eigenvalue weighted by Crippen LogP contribution is -2.38. The number of aliphatic imine (C=N–C) groups is 1. The molecule has 2 N–H and O–H groups in total. The second-order valence-electron chi connectivity index (χ2n) is 9.60. The number of carboxylic acid groups (broad SMARTS) is 1. The molecule has 1 aromatic carbocycles. The van der Waals surface area contributed by atoms with Crippen LogP contribution in [-0.2, 0) is 9.59 Å². The summed E-state index contributed by atoms with van der Waals surface area (Å²) >= 11 is 0. The van der Waals surface area contributed by atoms with E-state index in [4.69, 9.17) is 0 Å². The first-order valence-corrected chi connectivity index (χ1v) is 12.4. The van der Waals surface area contributed by atoms with Crippen molar-refractivity contribution in [3.05, 3.63) is 59.1 Å². The molecule has 1 amide bonds. The van der Waals surface area contributed by atoms with Gasteiger partial charge in [-0.15, -0.1) is 0 Å². The molecule has 0 aliphatic carbocycles. The van der Waals surface area contributed by atoms with Crippen molar-refractivity contribution in [2.75, 3.05) is 19.6 Å². The number of amidine groups is 1. The molecule has 1 atom stereocenters. The van der Waals surface area contributed by atoms with Crippen LogP contribution in [0.4, 0.5) is 4.39 Å². The minimum absolute atomic E-state index is 0.0395. The third-order valence-electron chi connectivity index (χ3n) is 7.13. The number of fused-ring (bicyclic) bond motifs is 1. The number of carbonyl (C=O) groups excluding carboxylic acids is 1. The Balaban J connectivity index is 1.21. The minimum atomic E-state index is -0.841. The van der Waals surface area contributed by atoms with E-state index >= 15 is 0 Å². The predicted molar refractivity (Wildman–Crippen MR) is 130 cm³/mol. The molecule has 0 spiro atoms. The van der Waals surface area contributed by atoms with Crippen LogP contribution in [0.1, 0.15) is 69.3 Å². The first kappa shape index (κ1) is 24.2. The number of dihydropyridines is 1. The number of hydrogen-bond donors (Lipinski definition) is 2. The molecule has 34 heavy (non-hydrogen) atoms. The molecule has 0 aromatic heterocycles. The summed E-state index contributed by atoms with van der Waals surface area (Å²) in [5, 5.41) is 12.8. The van der Waals surface area contributed by atoms with Gasteiger partial charge in [0.25, 0.3) is 0 Å². The Labute approximate surface area is 200 Å². The average Bonchev–Trinajstić information content (AvgIpc) is 2.84. The van der Waals surface area contributed by atoms with E-state index in [1.807, 2.05) is 4.90 Å². The molecule has 4 rings (SSSR count). The van der Waals surface area contributed by atoms with E-state index in [1.165, 1.54) is 17.7 Å². The molecule has 3 aliphatic rings. The van der Waals surface area contributed by atoms with Gasteiger partial charge >= 0.3 is 5.97 Å². The lowest BCUT2D eigenvalue weighted by Gasteiger charge is -2.34. The van der Waals surface area contributed by atoms with Crippen molar-refractivity contribution >= 4 is 17.7 Å². The maximum absolute atomic E-state index is 13.3. The molecule has 0 saturated carbocycles. The first-order valence-electron chi connectivity index (χ1n) is 12.4. The summed E-state index contributed by atoms with van der Waals surface area (Å²) in [4.78, 5) is 30.6. The Morgan fingerprint density at radius 1 is 1.18 bits per heavy atom. The van der Waals surface area contributed by atoms with Crippen molar-refractivity contribution in [2.45, 2.75) is 63.7 Å². The third-order valence-corrected chi connectivity index (χ3v) is 7.13. The number of halogens is 1. The molecule has 3 aliphatic heterocycles. The van der Waals surface area contributed by atoms with Gasteiger partial charge in [0.15, 0.2) is 0 Å². The summed E-state index contributed by atoms with van der Waals surface area (Å²) < 4.78 is 13.3. The number of benzene rings is 1. The maximum atomic E-state index is 13.3. The van der Waals surface area contributed by atoms with E-state index in [2.05, 4.69) is 22.5 Å². The molecular formula is C27H34FN3O3. The molecule has 3 heterocycles. The minimum Gasteiger partial charge on any atom is -0.481 e. The maximum Gasteiger partial charge on any atom is 0.303 e. The Kier molecular flexibility index (Phi) is 8.14. The number of carboxylic acids is 1. The fourth-order valence-electron chi connectivity index (χ4n) is 5.19. The van der Waals surface area contributed by atoms with Crippen LogP contribution in [0.3, 0.4) is 0 Å². The van der Waals surface area contributed by atoms with Crippen molar-refractivity contribution in [2.24, 2.45) is 10.9 Å². The quantitative estimate of drug-likeness (QED) is 0.547. The Morgan fingerprint density at radius 2 is 1.94 bits per heavy atom. The van der Waals surface area contributed by atoms with Gasteiger partial charge in [0, 0.05) is 31.8 Å². The van der Waals surface area contributed by atoms with Crippen LogP contribution in [0.5, 0.6) is 0 Å². The molecule has 0 radical (unpaired) electrons. The molecule has 7 heteroatoms. The highest BCUT2D eigenvalue weighted by molar-refractivity contribution is 6.01. The number of hydrogen-bond acceptors (Lipinski definition) is 4. The number of nitrogens with zero attached hydrogens (tertiary/aromatic N) is 2. The number of likely N-dealkylation sites (tertiary alicyclic amines) is 1. The number of nitrogens with one attached hydrogen (secondary N) is 1. The molecule has 0 bridgehead atoms. The second-order valence-corrected chi connectivity index (χ2v) is 9.60. The number of carbonyl (C=O) groups is 2. The summed E-state index contributed by atoms with van der Waals surface area (Å²) in [5.41, 5.74) is 3.27. The fraction of sp³-hybridized carbons (Fsp3) is 0.519. The van der Waals surface area contributed by atoms with Gasteiger partial charge in [-0.05, 0) is 86.1 Å². The fourth-order valence-corrected chi connectivity index (χ4v) is 5.19. The van der Waals surface area contributed by atoms with Crippen molar-refractivity contribution in [1.82, 2.24) is 10.2 Å². The van der Waals surface area contributed by atoms with Gasteiger partial charge in [0.2, 0.25) is 5.91 Å². The van der Waals surface area contributed by atoms with Crippen molar-refractivity contribution in [3.63, 3.8) is 0 Å². The van der Waals surface area contributed by atoms with E-state index < -0.39 is 5.97 Å². The van der Waals surface area contributed by atoms with Crippen molar-refractivity contribution < 1.29 is 19.1 Å². The van der Waals surface area contributed by atoms with Gasteiger partial charge in [0.05, 0.1) is 6.42 Å². The Bertz CT molecular complexity index is 975. The summed E-state index contributed by atoms with van der Waals surface area (Å²) in [6.07, 6.45) is 11.2. The molecule has 6 nitrogen and oxygen atoms in total. The van der Waals surface area contributed by atoms with Crippen LogP contribution in [0.2, 0.25) is 0 Å². The number of amides is 1. The molecule has 182 valence electrons. The Hall–Kier alpha value is -2.96. The van der Waals surface area contributed by atoms with E-state index in [0.717, 1.165) is 81.7 Å². The van der Waals surface area contributed by atoms with Crippen LogP contribution in [0.15, 0.2) is 52.7 Å². The van der Waals surface area contributed by atoms with E-state index in [0.29, 0.717) is 12.3 Å². The second kappa shape index (κ2) is 11.4. The lowest BCUT2D eigenvalue weighted by molar-refractivity contribution is -0.137. The van der Waals surface area contributed by atoms with E-state index in [9.17, 15) is 19.1 Å². The zero-order valence-corrected chi connectivity index (χ0v) is 19.6. The zero-order chi connectivity index (χ0) is 23.9. The first-order chi connectivity index (χ1) is 16.5. The molecule has 1 fully saturated rings. The molecule has 1 aromatic rings. The van der Waals surface area contributed by atoms with Gasteiger partial charge in [0.1, 0.15) is 11.7 Å². The molecule has 1 unspecified atom stereocenters. The van der Waals surface area contributed by atoms with Crippen LogP contribution in [0.25, 0.3) is 0 Å². The normalized spacial score (nSPS) is 19.3. The van der Waals surface area contributed by atoms with E-state index in [1.54, 1.807) is 12.1 Å². The highest BCUT2D eigenvalue weighted by Crippen LogP contribution is 2.32. The highest BCUT2D eigenvalue weighted by atomic mass is 19.1. The number of allylic oxidation sites excluding steroid dienone is 3. The average molecular weight is 468 g/mol. The number of piperidine rings is 1. The summed E-state index contributed by atoms with van der Waals surface area (Å²) in [6.45, 7) is 2.31. The summed E-state index contributed by atoms with van der Waals surface area (Å²) in [7, 11) is 0. The lowest BCUT2D eigenvalue weighted by atomic mass is 9.82. The van der Waals surface area contributed by atoms with Crippen molar-refractivity contribution in [3.8, 4) is 0 Å². The zero-order valence-electron chi connectivity index (χ0n) is 19.6. The number of rotatable bonds is 9. The number of aliphatic carboxylic acids is 1. The topological polar surface area (TPSA) is 82.0 Å². The van der Waals surface area contributed by atoms with Crippen LogP contribution < -0.4 is 5.32 Å². The van der Waals surface area contributed by atoms with Gasteiger partial charge in [-0.3, -0.25) is 14.6 Å². The van der Waals surface area contributed by atoms with Gasteiger partial charge < -0.3 is 15.3 Å². The monoisotopic (exact) mass is 467 g/mol. The van der Waals surface area contributed by atoms with Gasteiger partial charge in [-0.25, -0.2) is 4.39 Å². The van der Waals surface area contributed by atoms with Crippen LogP contribution in [0, 0.1) is 11.7 Å². The summed E-state index contributed by atoms with van der Waals surface area (Å²) in [6, 6.07) is 6.16. The van der Waals surface area contributed by atoms with Gasteiger partial charge in [-0.1, -0.05) is 18.2 Å². The Morgan fingerprint density at radius 3 is 2.68 bits per heavy atom. The summed E-state index contributed by atoms with van der Waals surface area (Å²) in [5.74, 6) is 0.272. The predicted octanol–water partition coefficient (Wildman–Crippen LogP) is 4.79. The SMILES string of the molecule is O=C(O)CC(CC1CCN(C(=O)CCCC2=CC=C3CCCN=C3N2)CC1)c1ccc(F)cc1. The third kappa shape index (κ3) is 6.55.